The Morgan fingerprint density at radius 2 is 1.74 bits per heavy atom. The number of Topliss-reactive ketones (excluding diaryl/α,β-unsaturated/α-hetero) is 1. The van der Waals surface area contributed by atoms with Crippen LogP contribution in [0.25, 0.3) is 22.0 Å². The Labute approximate surface area is 233 Å². The summed E-state index contributed by atoms with van der Waals surface area (Å²) < 4.78 is 36.1. The number of fused-ring (bicyclic) bond motifs is 1. The Bertz CT molecular complexity index is 1690. The highest BCUT2D eigenvalue weighted by Crippen LogP contribution is 2.39. The summed E-state index contributed by atoms with van der Waals surface area (Å²) in [7, 11) is -4.45. The first-order valence-corrected chi connectivity index (χ1v) is 16.6. The SMILES string of the molecule is CS(=O)c1ccc(C(Cc2cccc(-c3cc(C(C)(C)S(C)(=O)=O)cc4cccnc34)c2)C(=O)C2CC2)cc1. The number of rotatable bonds is 9. The summed E-state index contributed by atoms with van der Waals surface area (Å²) in [6.45, 7) is 3.46. The summed E-state index contributed by atoms with van der Waals surface area (Å²) in [6.07, 6.45) is 7.09. The molecule has 5 rings (SSSR count). The largest absolute Gasteiger partial charge is 0.299 e. The molecule has 0 spiro atoms. The van der Waals surface area contributed by atoms with E-state index in [1.807, 2.05) is 66.7 Å². The van der Waals surface area contributed by atoms with Crippen molar-refractivity contribution >= 4 is 37.3 Å². The zero-order valence-electron chi connectivity index (χ0n) is 22.7. The normalized spacial score (nSPS) is 15.7. The zero-order valence-corrected chi connectivity index (χ0v) is 24.3. The van der Waals surface area contributed by atoms with Crippen molar-refractivity contribution in [3.63, 3.8) is 0 Å². The standard InChI is InChI=1S/C32H33NO4S2/c1-32(2,39(4,36)37)26-19-25-9-6-16-33-30(25)28(20-26)24-8-5-7-21(17-24)18-29(31(34)23-10-11-23)22-12-14-27(15-13-22)38(3)35/h5-9,12-17,19-20,23,29H,10-11,18H2,1-4H3. The fraction of sp³-hybridized carbons (Fsp3) is 0.312. The highest BCUT2D eigenvalue weighted by atomic mass is 32.2. The summed E-state index contributed by atoms with van der Waals surface area (Å²) in [5.74, 6) is 0.0912. The quantitative estimate of drug-likeness (QED) is 0.243. The molecule has 0 amide bonds. The molecule has 3 aromatic carbocycles. The predicted octanol–water partition coefficient (Wildman–Crippen LogP) is 6.22. The minimum Gasteiger partial charge on any atom is -0.299 e. The maximum absolute atomic E-state index is 13.4. The van der Waals surface area contributed by atoms with E-state index in [0.717, 1.165) is 50.9 Å². The average Bonchev–Trinajstić information content (AvgIpc) is 3.76. The second-order valence-corrected chi connectivity index (χ2v) is 15.0. The molecule has 7 heteroatoms. The third-order valence-corrected chi connectivity index (χ3v) is 11.0. The lowest BCUT2D eigenvalue weighted by atomic mass is 9.85. The number of hydrogen-bond donors (Lipinski definition) is 0. The van der Waals surface area contributed by atoms with E-state index in [2.05, 4.69) is 11.1 Å². The zero-order chi connectivity index (χ0) is 27.9. The first-order chi connectivity index (χ1) is 18.5. The highest BCUT2D eigenvalue weighted by molar-refractivity contribution is 7.91. The molecule has 1 heterocycles. The highest BCUT2D eigenvalue weighted by Gasteiger charge is 2.36. The van der Waals surface area contributed by atoms with Crippen LogP contribution in [0.4, 0.5) is 0 Å². The molecule has 5 nitrogen and oxygen atoms in total. The van der Waals surface area contributed by atoms with Gasteiger partial charge in [-0.1, -0.05) is 42.5 Å². The van der Waals surface area contributed by atoms with Gasteiger partial charge in [-0.05, 0) is 85.7 Å². The predicted molar refractivity (Wildman–Crippen MR) is 158 cm³/mol. The van der Waals surface area contributed by atoms with Crippen LogP contribution in [0, 0.1) is 5.92 Å². The molecular weight excluding hydrogens is 526 g/mol. The number of sulfone groups is 1. The fourth-order valence-corrected chi connectivity index (χ4v) is 6.07. The van der Waals surface area contributed by atoms with Gasteiger partial charge in [0.2, 0.25) is 0 Å². The van der Waals surface area contributed by atoms with Gasteiger partial charge < -0.3 is 0 Å². The van der Waals surface area contributed by atoms with Crippen molar-refractivity contribution in [3.8, 4) is 11.1 Å². The molecule has 0 N–H and O–H groups in total. The van der Waals surface area contributed by atoms with Gasteiger partial charge in [0.05, 0.1) is 10.3 Å². The van der Waals surface area contributed by atoms with Gasteiger partial charge in [0.25, 0.3) is 0 Å². The van der Waals surface area contributed by atoms with E-state index in [1.165, 1.54) is 6.26 Å². The number of carbonyl (C=O) groups excluding carboxylic acids is 1. The summed E-state index contributed by atoms with van der Waals surface area (Å²) in [5, 5.41) is 0.877. The number of ketones is 1. The molecule has 0 aliphatic heterocycles. The lowest BCUT2D eigenvalue weighted by Gasteiger charge is -2.24. The minimum atomic E-state index is -3.38. The number of nitrogens with zero attached hydrogens (tertiary/aromatic N) is 1. The molecule has 0 radical (unpaired) electrons. The molecule has 2 unspecified atom stereocenters. The lowest BCUT2D eigenvalue weighted by molar-refractivity contribution is -0.121. The number of benzene rings is 3. The third kappa shape index (κ3) is 5.61. The number of carbonyl (C=O) groups is 1. The molecule has 0 saturated heterocycles. The van der Waals surface area contributed by atoms with Gasteiger partial charge in [-0.3, -0.25) is 14.0 Å². The Hall–Kier alpha value is -3.16. The van der Waals surface area contributed by atoms with E-state index in [0.29, 0.717) is 12.0 Å². The lowest BCUT2D eigenvalue weighted by Crippen LogP contribution is -2.28. The molecular formula is C32H33NO4S2. The minimum absolute atomic E-state index is 0.112. The second-order valence-electron chi connectivity index (χ2n) is 11.0. The molecule has 0 bridgehead atoms. The van der Waals surface area contributed by atoms with Gasteiger partial charge in [-0.25, -0.2) is 8.42 Å². The molecule has 1 aromatic heterocycles. The second kappa shape index (κ2) is 10.4. The van der Waals surface area contributed by atoms with Crippen LogP contribution in [0.1, 0.15) is 49.3 Å². The first-order valence-electron chi connectivity index (χ1n) is 13.1. The Balaban J connectivity index is 1.57. The number of pyridine rings is 1. The van der Waals surface area contributed by atoms with Gasteiger partial charge in [0.1, 0.15) is 5.78 Å². The third-order valence-electron chi connectivity index (χ3n) is 7.94. The number of hydrogen-bond acceptors (Lipinski definition) is 5. The Kier molecular flexibility index (Phi) is 7.33. The van der Waals surface area contributed by atoms with Gasteiger partial charge in [-0.15, -0.1) is 0 Å². The van der Waals surface area contributed by atoms with Crippen LogP contribution in [0.5, 0.6) is 0 Å². The summed E-state index contributed by atoms with van der Waals surface area (Å²) in [6, 6.07) is 23.3. The maximum atomic E-state index is 13.4. The van der Waals surface area contributed by atoms with Gasteiger partial charge >= 0.3 is 0 Å². The molecule has 1 saturated carbocycles. The molecule has 39 heavy (non-hydrogen) atoms. The van der Waals surface area contributed by atoms with E-state index >= 15 is 0 Å². The van der Waals surface area contributed by atoms with Crippen molar-refractivity contribution in [1.82, 2.24) is 4.98 Å². The van der Waals surface area contributed by atoms with Crippen molar-refractivity contribution in [1.29, 1.82) is 0 Å². The molecule has 202 valence electrons. The smallest absolute Gasteiger partial charge is 0.156 e. The molecule has 1 fully saturated rings. The average molecular weight is 560 g/mol. The van der Waals surface area contributed by atoms with Gasteiger partial charge in [0, 0.05) is 57.2 Å². The van der Waals surface area contributed by atoms with E-state index in [9.17, 15) is 17.4 Å². The van der Waals surface area contributed by atoms with E-state index in [-0.39, 0.29) is 17.6 Å². The topological polar surface area (TPSA) is 81.2 Å². The van der Waals surface area contributed by atoms with Gasteiger partial charge in [-0.2, -0.15) is 0 Å². The van der Waals surface area contributed by atoms with Crippen molar-refractivity contribution in [2.75, 3.05) is 12.5 Å². The van der Waals surface area contributed by atoms with Crippen molar-refractivity contribution in [2.45, 2.75) is 48.7 Å². The van der Waals surface area contributed by atoms with E-state index in [1.54, 1.807) is 26.3 Å². The van der Waals surface area contributed by atoms with E-state index in [4.69, 9.17) is 0 Å². The van der Waals surface area contributed by atoms with Crippen LogP contribution in [0.2, 0.25) is 0 Å². The van der Waals surface area contributed by atoms with Crippen LogP contribution < -0.4 is 0 Å². The summed E-state index contributed by atoms with van der Waals surface area (Å²) in [4.78, 5) is 18.8. The Morgan fingerprint density at radius 3 is 2.38 bits per heavy atom. The van der Waals surface area contributed by atoms with Crippen LogP contribution in [-0.2, 0) is 36.6 Å². The molecule has 4 aromatic rings. The van der Waals surface area contributed by atoms with Crippen LogP contribution in [0.3, 0.4) is 0 Å². The Morgan fingerprint density at radius 1 is 1.03 bits per heavy atom. The molecule has 1 aliphatic rings. The maximum Gasteiger partial charge on any atom is 0.156 e. The van der Waals surface area contributed by atoms with Crippen molar-refractivity contribution in [3.05, 3.63) is 95.7 Å². The molecule has 1 aliphatic carbocycles. The molecule has 2 atom stereocenters. The van der Waals surface area contributed by atoms with Crippen LogP contribution in [0.15, 0.2) is 83.9 Å². The van der Waals surface area contributed by atoms with Crippen molar-refractivity contribution < 1.29 is 17.4 Å². The number of aromatic nitrogens is 1. The monoisotopic (exact) mass is 559 g/mol. The van der Waals surface area contributed by atoms with Gasteiger partial charge in [0.15, 0.2) is 9.84 Å². The van der Waals surface area contributed by atoms with Crippen molar-refractivity contribution in [2.24, 2.45) is 5.92 Å². The van der Waals surface area contributed by atoms with Crippen LogP contribution in [-0.4, -0.2) is 35.9 Å². The van der Waals surface area contributed by atoms with Crippen LogP contribution >= 0.6 is 0 Å². The summed E-state index contributed by atoms with van der Waals surface area (Å²) in [5.41, 5.74) is 5.26. The first kappa shape index (κ1) is 27.4. The fourth-order valence-electron chi connectivity index (χ4n) is 5.00. The van der Waals surface area contributed by atoms with E-state index < -0.39 is 25.4 Å². The summed E-state index contributed by atoms with van der Waals surface area (Å²) >= 11 is 0.